The van der Waals surface area contributed by atoms with Gasteiger partial charge < -0.3 is 13.8 Å². The van der Waals surface area contributed by atoms with Gasteiger partial charge in [-0.15, -0.1) is 0 Å². The molecule has 0 radical (unpaired) electrons. The van der Waals surface area contributed by atoms with Crippen molar-refractivity contribution in [3.63, 3.8) is 0 Å². The Morgan fingerprint density at radius 1 is 1.00 bits per heavy atom. The van der Waals surface area contributed by atoms with Gasteiger partial charge in [0.2, 0.25) is 0 Å². The number of anilines is 1. The molecule has 2 aromatic rings. The molecule has 220 valence electrons. The molecule has 2 aliphatic rings. The molecule has 2 fully saturated rings. The molecule has 40 heavy (non-hydrogen) atoms. The first-order chi connectivity index (χ1) is 18.7. The van der Waals surface area contributed by atoms with E-state index in [0.717, 1.165) is 24.0 Å². The zero-order chi connectivity index (χ0) is 29.5. The lowest BCUT2D eigenvalue weighted by Gasteiger charge is -2.43. The molecule has 0 saturated heterocycles. The first-order valence-corrected chi connectivity index (χ1v) is 17.1. The van der Waals surface area contributed by atoms with Crippen LogP contribution >= 0.6 is 7.60 Å². The van der Waals surface area contributed by atoms with Crippen molar-refractivity contribution in [1.82, 2.24) is 0 Å². The van der Waals surface area contributed by atoms with Crippen LogP contribution in [0.5, 0.6) is 0 Å². The third-order valence-electron chi connectivity index (χ3n) is 8.99. The van der Waals surface area contributed by atoms with Crippen molar-refractivity contribution in [3.05, 3.63) is 59.7 Å². The Balaban J connectivity index is 1.85. The molecular formula is C30H42NO7PS. The van der Waals surface area contributed by atoms with E-state index < -0.39 is 47.3 Å². The summed E-state index contributed by atoms with van der Waals surface area (Å²) in [5, 5.41) is 0. The van der Waals surface area contributed by atoms with Crippen molar-refractivity contribution in [2.45, 2.75) is 78.3 Å². The fourth-order valence-corrected chi connectivity index (χ4v) is 9.98. The van der Waals surface area contributed by atoms with Gasteiger partial charge >= 0.3 is 13.6 Å². The zero-order valence-electron chi connectivity index (χ0n) is 24.5. The van der Waals surface area contributed by atoms with Gasteiger partial charge in [0.05, 0.1) is 29.8 Å². The van der Waals surface area contributed by atoms with Gasteiger partial charge in [-0.05, 0) is 87.3 Å². The SMILES string of the molecule is CCOP(=O)(CC(=O)O[C@H]1[C@@H](N(c2cc(C)cc(C)c2)S(=O)(=O)c2ccccc2)[C@H]2CC[C@]1(C)C2(C)C)OCC. The van der Waals surface area contributed by atoms with E-state index in [4.69, 9.17) is 13.8 Å². The second-order valence-corrected chi connectivity index (χ2v) is 15.6. The van der Waals surface area contributed by atoms with Crippen LogP contribution in [0.4, 0.5) is 5.69 Å². The van der Waals surface area contributed by atoms with E-state index in [0.29, 0.717) is 5.69 Å². The summed E-state index contributed by atoms with van der Waals surface area (Å²) in [5.74, 6) is -0.803. The van der Waals surface area contributed by atoms with E-state index in [1.165, 1.54) is 4.31 Å². The van der Waals surface area contributed by atoms with Gasteiger partial charge in [-0.2, -0.15) is 0 Å². The van der Waals surface area contributed by atoms with Crippen LogP contribution in [0, 0.1) is 30.6 Å². The monoisotopic (exact) mass is 591 g/mol. The van der Waals surface area contributed by atoms with E-state index in [9.17, 15) is 17.8 Å². The molecule has 2 saturated carbocycles. The van der Waals surface area contributed by atoms with Crippen LogP contribution in [-0.4, -0.2) is 45.9 Å². The largest absolute Gasteiger partial charge is 0.459 e. The Morgan fingerprint density at radius 3 is 2.12 bits per heavy atom. The van der Waals surface area contributed by atoms with Crippen molar-refractivity contribution < 1.29 is 31.6 Å². The minimum absolute atomic E-state index is 0.0832. The molecule has 0 aromatic heterocycles. The van der Waals surface area contributed by atoms with Crippen molar-refractivity contribution in [2.75, 3.05) is 23.7 Å². The highest BCUT2D eigenvalue weighted by Gasteiger charge is 2.70. The van der Waals surface area contributed by atoms with Gasteiger partial charge in [0.1, 0.15) is 12.3 Å². The molecule has 0 amide bonds. The number of benzene rings is 2. The first kappa shape index (κ1) is 30.8. The molecule has 4 rings (SSSR count). The van der Waals surface area contributed by atoms with E-state index in [-0.39, 0.29) is 29.4 Å². The quantitative estimate of drug-likeness (QED) is 0.217. The second kappa shape index (κ2) is 11.2. The number of nitrogens with zero attached hydrogens (tertiary/aromatic N) is 1. The zero-order valence-corrected chi connectivity index (χ0v) is 26.3. The van der Waals surface area contributed by atoms with Crippen LogP contribution in [0.15, 0.2) is 53.4 Å². The van der Waals surface area contributed by atoms with Crippen molar-refractivity contribution >= 4 is 29.3 Å². The van der Waals surface area contributed by atoms with Crippen LogP contribution in [0.3, 0.4) is 0 Å². The highest BCUT2D eigenvalue weighted by molar-refractivity contribution is 7.92. The topological polar surface area (TPSA) is 99.2 Å². The van der Waals surface area contributed by atoms with E-state index in [1.54, 1.807) is 44.2 Å². The lowest BCUT2D eigenvalue weighted by atomic mass is 9.70. The van der Waals surface area contributed by atoms with Crippen LogP contribution in [0.2, 0.25) is 0 Å². The highest BCUT2D eigenvalue weighted by Crippen LogP contribution is 2.68. The number of hydrogen-bond donors (Lipinski definition) is 0. The highest BCUT2D eigenvalue weighted by atomic mass is 32.2. The van der Waals surface area contributed by atoms with Gasteiger partial charge in [0, 0.05) is 5.41 Å². The van der Waals surface area contributed by atoms with E-state index in [2.05, 4.69) is 20.8 Å². The number of rotatable bonds is 11. The minimum atomic E-state index is -4.05. The van der Waals surface area contributed by atoms with Gasteiger partial charge in [-0.25, -0.2) is 8.42 Å². The van der Waals surface area contributed by atoms with Crippen LogP contribution in [-0.2, 0) is 33.2 Å². The maximum atomic E-state index is 14.5. The Morgan fingerprint density at radius 2 is 1.57 bits per heavy atom. The number of carbonyl (C=O) groups is 1. The normalized spacial score (nSPS) is 25.6. The average molecular weight is 592 g/mol. The summed E-state index contributed by atoms with van der Waals surface area (Å²) >= 11 is 0. The molecule has 4 atom stereocenters. The molecular weight excluding hydrogens is 549 g/mol. The maximum Gasteiger partial charge on any atom is 0.341 e. The predicted molar refractivity (Wildman–Crippen MR) is 156 cm³/mol. The molecule has 0 unspecified atom stereocenters. The third kappa shape index (κ3) is 5.38. The summed E-state index contributed by atoms with van der Waals surface area (Å²) in [6.45, 7) is 13.8. The number of esters is 1. The number of sulfonamides is 1. The summed E-state index contributed by atoms with van der Waals surface area (Å²) in [4.78, 5) is 13.6. The number of carbonyl (C=O) groups excluding carboxylic acids is 1. The molecule has 8 nitrogen and oxygen atoms in total. The lowest BCUT2D eigenvalue weighted by molar-refractivity contribution is -0.154. The lowest BCUT2D eigenvalue weighted by Crippen LogP contribution is -2.54. The summed E-state index contributed by atoms with van der Waals surface area (Å²) in [6, 6.07) is 13.4. The summed E-state index contributed by atoms with van der Waals surface area (Å²) < 4.78 is 60.5. The van der Waals surface area contributed by atoms with Gasteiger partial charge in [0.25, 0.3) is 10.0 Å². The molecule has 2 aromatic carbocycles. The summed E-state index contributed by atoms with van der Waals surface area (Å²) in [5.41, 5.74) is 1.55. The second-order valence-electron chi connectivity index (χ2n) is 11.7. The summed E-state index contributed by atoms with van der Waals surface area (Å²) in [7, 11) is -7.76. The smallest absolute Gasteiger partial charge is 0.341 e. The molecule has 2 aliphatic carbocycles. The van der Waals surface area contributed by atoms with Crippen LogP contribution in [0.25, 0.3) is 0 Å². The third-order valence-corrected chi connectivity index (χ3v) is 12.8. The molecule has 10 heteroatoms. The van der Waals surface area contributed by atoms with E-state index >= 15 is 0 Å². The number of aryl methyl sites for hydroxylation is 2. The molecule has 0 N–H and O–H groups in total. The molecule has 0 aliphatic heterocycles. The first-order valence-electron chi connectivity index (χ1n) is 14.0. The number of ether oxygens (including phenoxy) is 1. The fraction of sp³-hybridized carbons (Fsp3) is 0.567. The minimum Gasteiger partial charge on any atom is -0.459 e. The predicted octanol–water partition coefficient (Wildman–Crippen LogP) is 6.50. The Hall–Kier alpha value is -2.19. The maximum absolute atomic E-state index is 14.5. The van der Waals surface area contributed by atoms with Crippen molar-refractivity contribution in [1.29, 1.82) is 0 Å². The molecule has 0 spiro atoms. The van der Waals surface area contributed by atoms with Gasteiger partial charge in [-0.1, -0.05) is 45.0 Å². The summed E-state index contributed by atoms with van der Waals surface area (Å²) in [6.07, 6.45) is 0.266. The van der Waals surface area contributed by atoms with Crippen molar-refractivity contribution in [3.8, 4) is 0 Å². The van der Waals surface area contributed by atoms with E-state index in [1.807, 2.05) is 32.0 Å². The van der Waals surface area contributed by atoms with Crippen LogP contribution < -0.4 is 4.31 Å². The number of hydrogen-bond acceptors (Lipinski definition) is 7. The standard InChI is InChI=1S/C30H42NO7PS/c1-8-36-39(33,37-9-2)20-26(32)38-28-27(25-15-16-30(28,7)29(25,5)6)31(23-18-21(3)17-22(4)19-23)40(34,35)24-13-11-10-12-14-24/h10-14,17-19,25,27-28H,8-9,15-16,20H2,1-7H3/t25-,27+,28+,30+/m1/s1. The Labute approximate surface area is 239 Å². The Bertz CT molecular complexity index is 1360. The molecule has 0 heterocycles. The average Bonchev–Trinajstić information content (AvgIpc) is 3.17. The number of fused-ring (bicyclic) bond motifs is 2. The van der Waals surface area contributed by atoms with Gasteiger partial charge in [-0.3, -0.25) is 13.7 Å². The Kier molecular flexibility index (Phi) is 8.64. The van der Waals surface area contributed by atoms with Gasteiger partial charge in [0.15, 0.2) is 0 Å². The molecule has 2 bridgehead atoms. The van der Waals surface area contributed by atoms with Crippen molar-refractivity contribution in [2.24, 2.45) is 16.7 Å². The van der Waals surface area contributed by atoms with Crippen LogP contribution in [0.1, 0.15) is 58.6 Å². The fourth-order valence-electron chi connectivity index (χ4n) is 6.86.